The van der Waals surface area contributed by atoms with Crippen LogP contribution in [0.1, 0.15) is 40.5 Å². The molecule has 86 valence electrons. The lowest BCUT2D eigenvalue weighted by Gasteiger charge is -2.33. The van der Waals surface area contributed by atoms with Gasteiger partial charge in [0.2, 0.25) is 9.92 Å². The molecule has 0 aliphatic carbocycles. The molecule has 0 aliphatic heterocycles. The lowest BCUT2D eigenvalue weighted by Crippen LogP contribution is -2.44. The Morgan fingerprint density at radius 1 is 1.14 bits per heavy atom. The van der Waals surface area contributed by atoms with E-state index in [-0.39, 0.29) is 0 Å². The Hall–Kier alpha value is 0.354. The first-order valence-corrected chi connectivity index (χ1v) is 9.89. The molecular formula is C10H27NOSi2. The zero-order valence-electron chi connectivity index (χ0n) is 10.7. The predicted molar refractivity (Wildman–Crippen MR) is 69.9 cm³/mol. The smallest absolute Gasteiger partial charge is 0.227 e. The molecule has 2 atom stereocenters. The van der Waals surface area contributed by atoms with Gasteiger partial charge in [-0.25, -0.2) is 0 Å². The fourth-order valence-corrected chi connectivity index (χ4v) is 4.30. The zero-order valence-corrected chi connectivity index (χ0v) is 13.3. The van der Waals surface area contributed by atoms with Crippen LogP contribution in [0.15, 0.2) is 0 Å². The summed E-state index contributed by atoms with van der Waals surface area (Å²) >= 11 is 0. The topological polar surface area (TPSA) is 12.5 Å². The Balaban J connectivity index is 4.10. The summed E-state index contributed by atoms with van der Waals surface area (Å²) in [6, 6.07) is 1.40. The van der Waals surface area contributed by atoms with Crippen molar-refractivity contribution in [1.29, 1.82) is 0 Å². The van der Waals surface area contributed by atoms with Crippen molar-refractivity contribution in [3.05, 3.63) is 0 Å². The monoisotopic (exact) mass is 233 g/mol. The van der Waals surface area contributed by atoms with Gasteiger partial charge in [0.15, 0.2) is 9.04 Å². The molecular weight excluding hydrogens is 206 g/mol. The molecule has 0 heterocycles. The van der Waals surface area contributed by atoms with Crippen LogP contribution in [0.25, 0.3) is 0 Å². The SMILES string of the molecule is CCC(C)N([SiH2]O[SiH](C)C)C(C)CC. The summed E-state index contributed by atoms with van der Waals surface area (Å²) in [6.07, 6.45) is 2.47. The van der Waals surface area contributed by atoms with Gasteiger partial charge in [0.1, 0.15) is 0 Å². The molecule has 2 nitrogen and oxygen atoms in total. The van der Waals surface area contributed by atoms with Gasteiger partial charge in [0.25, 0.3) is 0 Å². The van der Waals surface area contributed by atoms with Crippen LogP contribution < -0.4 is 0 Å². The minimum Gasteiger partial charge on any atom is -0.451 e. The third-order valence-electron chi connectivity index (χ3n) is 2.87. The minimum atomic E-state index is -0.811. The lowest BCUT2D eigenvalue weighted by molar-refractivity contribution is 0.246. The first-order valence-electron chi connectivity index (χ1n) is 5.90. The molecule has 14 heavy (non-hydrogen) atoms. The zero-order chi connectivity index (χ0) is 11.1. The third-order valence-corrected chi connectivity index (χ3v) is 7.68. The maximum atomic E-state index is 5.95. The van der Waals surface area contributed by atoms with E-state index >= 15 is 0 Å². The molecule has 0 bridgehead atoms. The lowest BCUT2D eigenvalue weighted by atomic mass is 10.2. The summed E-state index contributed by atoms with van der Waals surface area (Å²) in [5, 5.41) is 0. The van der Waals surface area contributed by atoms with Crippen LogP contribution in [0.3, 0.4) is 0 Å². The average molecular weight is 234 g/mol. The number of nitrogens with zero attached hydrogens (tertiary/aromatic N) is 1. The molecule has 0 fully saturated rings. The van der Waals surface area contributed by atoms with Crippen molar-refractivity contribution < 1.29 is 4.12 Å². The molecule has 0 saturated carbocycles. The fraction of sp³-hybridized carbons (Fsp3) is 1.00. The fourth-order valence-electron chi connectivity index (χ4n) is 1.39. The van der Waals surface area contributed by atoms with Crippen molar-refractivity contribution in [2.45, 2.75) is 65.7 Å². The average Bonchev–Trinajstić information content (AvgIpc) is 2.16. The summed E-state index contributed by atoms with van der Waals surface area (Å²) in [7, 11) is -1.26. The van der Waals surface area contributed by atoms with Crippen molar-refractivity contribution in [3.63, 3.8) is 0 Å². The van der Waals surface area contributed by atoms with Crippen molar-refractivity contribution in [3.8, 4) is 0 Å². The van der Waals surface area contributed by atoms with Crippen LogP contribution in [0, 0.1) is 0 Å². The van der Waals surface area contributed by atoms with Crippen LogP contribution in [0.4, 0.5) is 0 Å². The van der Waals surface area contributed by atoms with Crippen LogP contribution in [0.2, 0.25) is 13.1 Å². The maximum absolute atomic E-state index is 5.95. The highest BCUT2D eigenvalue weighted by Crippen LogP contribution is 2.10. The molecule has 0 aromatic carbocycles. The Kier molecular flexibility index (Phi) is 7.81. The van der Waals surface area contributed by atoms with Crippen LogP contribution in [-0.4, -0.2) is 35.6 Å². The van der Waals surface area contributed by atoms with E-state index in [2.05, 4.69) is 45.4 Å². The van der Waals surface area contributed by atoms with E-state index in [9.17, 15) is 0 Å². The number of hydrogen-bond acceptors (Lipinski definition) is 2. The van der Waals surface area contributed by atoms with Gasteiger partial charge in [0.05, 0.1) is 0 Å². The quantitative estimate of drug-likeness (QED) is 0.623. The molecule has 2 unspecified atom stereocenters. The van der Waals surface area contributed by atoms with Crippen molar-refractivity contribution in [1.82, 2.24) is 4.57 Å². The molecule has 0 radical (unpaired) electrons. The van der Waals surface area contributed by atoms with E-state index in [0.717, 1.165) is 0 Å². The minimum absolute atomic E-state index is 0.444. The first kappa shape index (κ1) is 14.4. The highest BCUT2D eigenvalue weighted by atomic mass is 28.3. The van der Waals surface area contributed by atoms with E-state index in [1.54, 1.807) is 0 Å². The Morgan fingerprint density at radius 3 is 1.86 bits per heavy atom. The van der Waals surface area contributed by atoms with Crippen molar-refractivity contribution in [2.24, 2.45) is 0 Å². The second-order valence-corrected chi connectivity index (χ2v) is 8.79. The van der Waals surface area contributed by atoms with Crippen molar-refractivity contribution in [2.75, 3.05) is 0 Å². The summed E-state index contributed by atoms with van der Waals surface area (Å²) < 4.78 is 8.57. The van der Waals surface area contributed by atoms with E-state index < -0.39 is 19.0 Å². The molecule has 0 spiro atoms. The van der Waals surface area contributed by atoms with E-state index in [4.69, 9.17) is 4.12 Å². The van der Waals surface area contributed by atoms with Crippen molar-refractivity contribution >= 4 is 19.0 Å². The maximum Gasteiger partial charge on any atom is 0.227 e. The van der Waals surface area contributed by atoms with E-state index in [1.165, 1.54) is 12.8 Å². The second kappa shape index (κ2) is 7.62. The largest absolute Gasteiger partial charge is 0.451 e. The summed E-state index contributed by atoms with van der Waals surface area (Å²) in [4.78, 5) is 0. The molecule has 0 N–H and O–H groups in total. The highest BCUT2D eigenvalue weighted by molar-refractivity contribution is 6.55. The van der Waals surface area contributed by atoms with Gasteiger partial charge in [-0.2, -0.15) is 0 Å². The van der Waals surface area contributed by atoms with Gasteiger partial charge in [0, 0.05) is 12.1 Å². The summed E-state index contributed by atoms with van der Waals surface area (Å²) in [5.41, 5.74) is 0. The molecule has 0 amide bonds. The van der Waals surface area contributed by atoms with Crippen LogP contribution in [-0.2, 0) is 4.12 Å². The highest BCUT2D eigenvalue weighted by Gasteiger charge is 2.18. The summed E-state index contributed by atoms with van der Waals surface area (Å²) in [5.74, 6) is 0. The molecule has 0 aromatic rings. The molecule has 4 heteroatoms. The van der Waals surface area contributed by atoms with E-state index in [0.29, 0.717) is 12.1 Å². The Bertz CT molecular complexity index is 134. The number of rotatable bonds is 7. The van der Waals surface area contributed by atoms with Crippen LogP contribution in [0.5, 0.6) is 0 Å². The number of hydrogen-bond donors (Lipinski definition) is 0. The van der Waals surface area contributed by atoms with Gasteiger partial charge >= 0.3 is 0 Å². The predicted octanol–water partition coefficient (Wildman–Crippen LogP) is 1.88. The Labute approximate surface area is 93.8 Å². The van der Waals surface area contributed by atoms with Gasteiger partial charge in [-0.15, -0.1) is 0 Å². The Morgan fingerprint density at radius 2 is 1.57 bits per heavy atom. The molecule has 0 rings (SSSR count). The molecule has 0 saturated heterocycles. The third kappa shape index (κ3) is 5.29. The van der Waals surface area contributed by atoms with Gasteiger partial charge in [-0.3, -0.25) is 0 Å². The molecule has 0 aliphatic rings. The second-order valence-electron chi connectivity index (χ2n) is 4.37. The standard InChI is InChI=1S/C10H27NOSi2/c1-7-9(3)11(10(4)8-2)13-12-14(5)6/h9-10,14H,7-8,13H2,1-6H3. The van der Waals surface area contributed by atoms with Gasteiger partial charge in [-0.05, 0) is 25.9 Å². The summed E-state index contributed by atoms with van der Waals surface area (Å²) in [6.45, 7) is 13.7. The van der Waals surface area contributed by atoms with Crippen LogP contribution >= 0.6 is 0 Å². The normalized spacial score (nSPS) is 17.1. The molecule has 0 aromatic heterocycles. The first-order chi connectivity index (χ1) is 6.52. The van der Waals surface area contributed by atoms with Gasteiger partial charge < -0.3 is 8.68 Å². The van der Waals surface area contributed by atoms with Gasteiger partial charge in [-0.1, -0.05) is 27.7 Å². The van der Waals surface area contributed by atoms with E-state index in [1.807, 2.05) is 0 Å².